The second kappa shape index (κ2) is 6.10. The van der Waals surface area contributed by atoms with Crippen molar-refractivity contribution in [3.8, 4) is 11.3 Å². The Hall–Kier alpha value is -2.14. The lowest BCUT2D eigenvalue weighted by molar-refractivity contribution is 0.0643. The zero-order valence-electron chi connectivity index (χ0n) is 12.2. The average molecular weight is 285 g/mol. The number of amides is 1. The van der Waals surface area contributed by atoms with Gasteiger partial charge in [0.2, 0.25) is 0 Å². The van der Waals surface area contributed by atoms with Crippen LogP contribution in [0.5, 0.6) is 0 Å². The molecule has 0 atom stereocenters. The Kier molecular flexibility index (Phi) is 4.01. The van der Waals surface area contributed by atoms with Crippen molar-refractivity contribution in [2.75, 3.05) is 32.7 Å². The van der Waals surface area contributed by atoms with Crippen molar-refractivity contribution in [3.63, 3.8) is 0 Å². The van der Waals surface area contributed by atoms with E-state index < -0.39 is 0 Å². The molecule has 1 fully saturated rings. The number of hydrogen-bond donors (Lipinski definition) is 0. The van der Waals surface area contributed by atoms with Crippen molar-refractivity contribution < 1.29 is 9.32 Å². The molecule has 0 saturated carbocycles. The lowest BCUT2D eigenvalue weighted by Gasteiger charge is -2.33. The fourth-order valence-corrected chi connectivity index (χ4v) is 2.63. The van der Waals surface area contributed by atoms with Crippen LogP contribution in [0.1, 0.15) is 17.3 Å². The molecule has 1 aromatic heterocycles. The van der Waals surface area contributed by atoms with Gasteiger partial charge in [0.15, 0.2) is 5.76 Å². The van der Waals surface area contributed by atoms with Crippen LogP contribution in [0.4, 0.5) is 0 Å². The van der Waals surface area contributed by atoms with E-state index >= 15 is 0 Å². The molecular weight excluding hydrogens is 266 g/mol. The van der Waals surface area contributed by atoms with Gasteiger partial charge in [0.25, 0.3) is 5.91 Å². The maximum Gasteiger partial charge on any atom is 0.259 e. The highest BCUT2D eigenvalue weighted by Gasteiger charge is 2.25. The van der Waals surface area contributed by atoms with Gasteiger partial charge < -0.3 is 14.3 Å². The maximum absolute atomic E-state index is 12.7. The third-order valence-corrected chi connectivity index (χ3v) is 3.94. The Labute approximate surface area is 124 Å². The summed E-state index contributed by atoms with van der Waals surface area (Å²) in [4.78, 5) is 16.9. The van der Waals surface area contributed by atoms with E-state index in [0.29, 0.717) is 11.3 Å². The lowest BCUT2D eigenvalue weighted by Crippen LogP contribution is -2.48. The Morgan fingerprint density at radius 2 is 1.90 bits per heavy atom. The minimum Gasteiger partial charge on any atom is -0.355 e. The summed E-state index contributed by atoms with van der Waals surface area (Å²) in [5.74, 6) is 0.560. The summed E-state index contributed by atoms with van der Waals surface area (Å²) in [6.07, 6.45) is 1.52. The highest BCUT2D eigenvalue weighted by molar-refractivity contribution is 5.99. The molecular formula is C16H19N3O2. The number of benzene rings is 1. The third-order valence-electron chi connectivity index (χ3n) is 3.94. The molecule has 1 saturated heterocycles. The first kappa shape index (κ1) is 13.8. The molecule has 0 bridgehead atoms. The number of hydrogen-bond acceptors (Lipinski definition) is 4. The van der Waals surface area contributed by atoms with Crippen LogP contribution in [-0.4, -0.2) is 53.6 Å². The predicted octanol–water partition coefficient (Wildman–Crippen LogP) is 2.12. The Bertz CT molecular complexity index is 601. The van der Waals surface area contributed by atoms with E-state index in [4.69, 9.17) is 4.52 Å². The molecule has 21 heavy (non-hydrogen) atoms. The molecule has 2 heterocycles. The number of piperazine rings is 1. The van der Waals surface area contributed by atoms with E-state index in [1.165, 1.54) is 6.20 Å². The molecule has 1 amide bonds. The number of nitrogens with zero attached hydrogens (tertiary/aromatic N) is 3. The van der Waals surface area contributed by atoms with Crippen LogP contribution in [0.25, 0.3) is 11.3 Å². The minimum absolute atomic E-state index is 0.00542. The fourth-order valence-electron chi connectivity index (χ4n) is 2.63. The third kappa shape index (κ3) is 2.83. The van der Waals surface area contributed by atoms with E-state index in [-0.39, 0.29) is 5.91 Å². The van der Waals surface area contributed by atoms with Crippen molar-refractivity contribution in [2.45, 2.75) is 6.92 Å². The number of likely N-dealkylation sites (N-methyl/N-ethyl adjacent to an activating group) is 1. The van der Waals surface area contributed by atoms with Gasteiger partial charge >= 0.3 is 0 Å². The van der Waals surface area contributed by atoms with E-state index in [2.05, 4.69) is 17.0 Å². The fraction of sp³-hybridized carbons (Fsp3) is 0.375. The highest BCUT2D eigenvalue weighted by Crippen LogP contribution is 2.24. The first-order chi connectivity index (χ1) is 10.3. The summed E-state index contributed by atoms with van der Waals surface area (Å²) < 4.78 is 5.30. The van der Waals surface area contributed by atoms with Gasteiger partial charge in [0, 0.05) is 31.7 Å². The largest absolute Gasteiger partial charge is 0.355 e. The summed E-state index contributed by atoms with van der Waals surface area (Å²) in [6, 6.07) is 9.63. The summed E-state index contributed by atoms with van der Waals surface area (Å²) in [5, 5.41) is 3.81. The number of aromatic nitrogens is 1. The van der Waals surface area contributed by atoms with Crippen molar-refractivity contribution in [2.24, 2.45) is 0 Å². The van der Waals surface area contributed by atoms with Crippen molar-refractivity contribution in [1.82, 2.24) is 15.0 Å². The zero-order chi connectivity index (χ0) is 14.7. The molecule has 2 aromatic rings. The molecule has 5 heteroatoms. The monoisotopic (exact) mass is 285 g/mol. The zero-order valence-corrected chi connectivity index (χ0v) is 12.2. The lowest BCUT2D eigenvalue weighted by atomic mass is 10.1. The summed E-state index contributed by atoms with van der Waals surface area (Å²) in [5.41, 5.74) is 1.43. The normalized spacial score (nSPS) is 16.1. The van der Waals surface area contributed by atoms with E-state index in [1.807, 2.05) is 35.2 Å². The Balaban J connectivity index is 1.79. The summed E-state index contributed by atoms with van der Waals surface area (Å²) in [7, 11) is 0. The van der Waals surface area contributed by atoms with Gasteiger partial charge in [-0.2, -0.15) is 0 Å². The average Bonchev–Trinajstić information content (AvgIpc) is 3.04. The SMILES string of the molecule is CCN1CCN(C(=O)c2cnoc2-c2ccccc2)CC1. The van der Waals surface area contributed by atoms with Crippen molar-refractivity contribution >= 4 is 5.91 Å². The first-order valence-corrected chi connectivity index (χ1v) is 7.31. The molecule has 1 aliphatic heterocycles. The van der Waals surface area contributed by atoms with Gasteiger partial charge in [-0.05, 0) is 6.54 Å². The molecule has 1 aromatic carbocycles. The van der Waals surface area contributed by atoms with Gasteiger partial charge in [-0.25, -0.2) is 0 Å². The van der Waals surface area contributed by atoms with Crippen LogP contribution in [-0.2, 0) is 0 Å². The van der Waals surface area contributed by atoms with Gasteiger partial charge in [0.1, 0.15) is 5.56 Å². The van der Waals surface area contributed by atoms with Crippen LogP contribution in [0.15, 0.2) is 41.1 Å². The van der Waals surface area contributed by atoms with Gasteiger partial charge in [-0.3, -0.25) is 4.79 Å². The molecule has 0 spiro atoms. The van der Waals surface area contributed by atoms with Crippen LogP contribution in [0.2, 0.25) is 0 Å². The first-order valence-electron chi connectivity index (χ1n) is 7.31. The smallest absolute Gasteiger partial charge is 0.259 e. The maximum atomic E-state index is 12.7. The van der Waals surface area contributed by atoms with E-state index in [0.717, 1.165) is 38.3 Å². The molecule has 0 radical (unpaired) electrons. The number of carbonyl (C=O) groups is 1. The number of rotatable bonds is 3. The highest BCUT2D eigenvalue weighted by atomic mass is 16.5. The molecule has 1 aliphatic rings. The van der Waals surface area contributed by atoms with Crippen molar-refractivity contribution in [3.05, 3.63) is 42.1 Å². The quantitative estimate of drug-likeness (QED) is 0.866. The number of carbonyl (C=O) groups excluding carboxylic acids is 1. The molecule has 3 rings (SSSR count). The summed E-state index contributed by atoms with van der Waals surface area (Å²) in [6.45, 7) is 6.54. The Morgan fingerprint density at radius 1 is 1.19 bits per heavy atom. The van der Waals surface area contributed by atoms with Crippen LogP contribution >= 0.6 is 0 Å². The molecule has 0 aliphatic carbocycles. The minimum atomic E-state index is 0.00542. The second-order valence-corrected chi connectivity index (χ2v) is 5.16. The standard InChI is InChI=1S/C16H19N3O2/c1-2-18-8-10-19(11-9-18)16(20)14-12-17-21-15(14)13-6-4-3-5-7-13/h3-7,12H,2,8-11H2,1H3. The molecule has 5 nitrogen and oxygen atoms in total. The second-order valence-electron chi connectivity index (χ2n) is 5.16. The Morgan fingerprint density at radius 3 is 2.57 bits per heavy atom. The van der Waals surface area contributed by atoms with Gasteiger partial charge in [-0.1, -0.05) is 42.4 Å². The van der Waals surface area contributed by atoms with Crippen LogP contribution in [0.3, 0.4) is 0 Å². The van der Waals surface area contributed by atoms with Crippen LogP contribution in [0, 0.1) is 0 Å². The molecule has 0 N–H and O–H groups in total. The summed E-state index contributed by atoms with van der Waals surface area (Å²) >= 11 is 0. The van der Waals surface area contributed by atoms with Crippen LogP contribution < -0.4 is 0 Å². The van der Waals surface area contributed by atoms with E-state index in [1.54, 1.807) is 0 Å². The molecule has 110 valence electrons. The van der Waals surface area contributed by atoms with Crippen molar-refractivity contribution in [1.29, 1.82) is 0 Å². The predicted molar refractivity (Wildman–Crippen MR) is 80.0 cm³/mol. The van der Waals surface area contributed by atoms with Gasteiger partial charge in [0.05, 0.1) is 6.20 Å². The van der Waals surface area contributed by atoms with E-state index in [9.17, 15) is 4.79 Å². The molecule has 0 unspecified atom stereocenters. The van der Waals surface area contributed by atoms with Gasteiger partial charge in [-0.15, -0.1) is 0 Å². The topological polar surface area (TPSA) is 49.6 Å².